The van der Waals surface area contributed by atoms with Gasteiger partial charge < -0.3 is 10.1 Å². The number of carbonyl (C=O) groups is 1. The van der Waals surface area contributed by atoms with Crippen LogP contribution in [0.4, 0.5) is 0 Å². The highest BCUT2D eigenvalue weighted by Crippen LogP contribution is 2.27. The Balaban J connectivity index is 1.81. The molecule has 0 bridgehead atoms. The van der Waals surface area contributed by atoms with E-state index in [1.54, 1.807) is 25.6 Å². The van der Waals surface area contributed by atoms with Gasteiger partial charge in [-0.25, -0.2) is 0 Å². The molecular formula is C21H19ClN2O2. The summed E-state index contributed by atoms with van der Waals surface area (Å²) in [7, 11) is 1.56. The number of amides is 1. The summed E-state index contributed by atoms with van der Waals surface area (Å²) in [5.41, 5.74) is 3.45. The van der Waals surface area contributed by atoms with E-state index in [9.17, 15) is 4.79 Å². The van der Waals surface area contributed by atoms with Crippen LogP contribution in [-0.4, -0.2) is 18.0 Å². The highest BCUT2D eigenvalue weighted by Gasteiger charge is 2.16. The number of ether oxygens (including phenoxy) is 1. The quantitative estimate of drug-likeness (QED) is 0.698. The molecule has 3 rings (SSSR count). The molecule has 26 heavy (non-hydrogen) atoms. The van der Waals surface area contributed by atoms with Crippen LogP contribution in [0.3, 0.4) is 0 Å². The Labute approximate surface area is 157 Å². The molecule has 0 aliphatic heterocycles. The first-order chi connectivity index (χ1) is 12.6. The van der Waals surface area contributed by atoms with Crippen molar-refractivity contribution in [2.24, 2.45) is 0 Å². The van der Waals surface area contributed by atoms with Gasteiger partial charge in [-0.3, -0.25) is 9.78 Å². The zero-order valence-corrected chi connectivity index (χ0v) is 15.3. The fourth-order valence-corrected chi connectivity index (χ4v) is 2.84. The summed E-state index contributed by atoms with van der Waals surface area (Å²) >= 11 is 5.92. The smallest absolute Gasteiger partial charge is 0.255 e. The molecule has 0 aliphatic carbocycles. The summed E-state index contributed by atoms with van der Waals surface area (Å²) in [4.78, 5) is 16.7. The maximum Gasteiger partial charge on any atom is 0.255 e. The molecule has 1 heterocycles. The summed E-state index contributed by atoms with van der Waals surface area (Å²) in [5.74, 6) is 0.339. The molecule has 0 saturated carbocycles. The van der Waals surface area contributed by atoms with Crippen molar-refractivity contribution in [3.8, 4) is 16.9 Å². The molecule has 0 radical (unpaired) electrons. The maximum absolute atomic E-state index is 12.7. The zero-order chi connectivity index (χ0) is 18.5. The first-order valence-electron chi connectivity index (χ1n) is 8.23. The van der Waals surface area contributed by atoms with Gasteiger partial charge in [-0.1, -0.05) is 29.8 Å². The number of halogens is 1. The van der Waals surface area contributed by atoms with Gasteiger partial charge in [0.25, 0.3) is 5.91 Å². The molecule has 1 amide bonds. The number of carbonyl (C=O) groups excluding carboxylic acids is 1. The van der Waals surface area contributed by atoms with Gasteiger partial charge in [0.2, 0.25) is 0 Å². The van der Waals surface area contributed by atoms with Gasteiger partial charge in [-0.05, 0) is 60.0 Å². The summed E-state index contributed by atoms with van der Waals surface area (Å²) < 4.78 is 5.44. The topological polar surface area (TPSA) is 51.2 Å². The van der Waals surface area contributed by atoms with Gasteiger partial charge in [0, 0.05) is 17.4 Å². The van der Waals surface area contributed by atoms with E-state index >= 15 is 0 Å². The van der Waals surface area contributed by atoms with Crippen molar-refractivity contribution >= 4 is 17.5 Å². The lowest BCUT2D eigenvalue weighted by molar-refractivity contribution is 0.0937. The van der Waals surface area contributed by atoms with Crippen molar-refractivity contribution in [3.05, 3.63) is 83.1 Å². The van der Waals surface area contributed by atoms with Crippen LogP contribution in [0.25, 0.3) is 11.1 Å². The number of hydrogen-bond donors (Lipinski definition) is 1. The number of benzene rings is 2. The average Bonchev–Trinajstić information content (AvgIpc) is 2.68. The lowest BCUT2D eigenvalue weighted by atomic mass is 10.0. The molecule has 1 N–H and O–H groups in total. The number of hydrogen-bond acceptors (Lipinski definition) is 3. The van der Waals surface area contributed by atoms with Crippen LogP contribution in [0, 0.1) is 0 Å². The lowest BCUT2D eigenvalue weighted by Crippen LogP contribution is -2.27. The van der Waals surface area contributed by atoms with Crippen LogP contribution >= 0.6 is 11.6 Å². The van der Waals surface area contributed by atoms with Gasteiger partial charge in [0.1, 0.15) is 5.75 Å². The summed E-state index contributed by atoms with van der Waals surface area (Å²) in [6, 6.07) is 16.6. The number of nitrogens with zero attached hydrogens (tertiary/aromatic N) is 1. The Morgan fingerprint density at radius 2 is 1.73 bits per heavy atom. The van der Waals surface area contributed by atoms with Gasteiger partial charge in [0.05, 0.1) is 18.7 Å². The van der Waals surface area contributed by atoms with Gasteiger partial charge in [-0.2, -0.15) is 0 Å². The standard InChI is InChI=1S/C21H19ClN2O2/c1-14(15-3-6-18(22)7-4-15)24-21(25)19-8-5-17(13-20(19)26-2)16-9-11-23-12-10-16/h3-14H,1-2H3,(H,24,25). The van der Waals surface area contributed by atoms with E-state index in [0.717, 1.165) is 16.7 Å². The molecule has 132 valence electrons. The van der Waals surface area contributed by atoms with E-state index in [-0.39, 0.29) is 11.9 Å². The Morgan fingerprint density at radius 3 is 2.38 bits per heavy atom. The predicted molar refractivity (Wildman–Crippen MR) is 104 cm³/mol. The number of rotatable bonds is 5. The minimum Gasteiger partial charge on any atom is -0.496 e. The minimum atomic E-state index is -0.189. The fraction of sp³-hybridized carbons (Fsp3) is 0.143. The van der Waals surface area contributed by atoms with Gasteiger partial charge >= 0.3 is 0 Å². The van der Waals surface area contributed by atoms with Gasteiger partial charge in [0.15, 0.2) is 0 Å². The number of pyridine rings is 1. The van der Waals surface area contributed by atoms with E-state index in [4.69, 9.17) is 16.3 Å². The van der Waals surface area contributed by atoms with Crippen molar-refractivity contribution in [1.82, 2.24) is 10.3 Å². The maximum atomic E-state index is 12.7. The third-order valence-electron chi connectivity index (χ3n) is 4.18. The molecule has 4 nitrogen and oxygen atoms in total. The normalized spacial score (nSPS) is 11.7. The Morgan fingerprint density at radius 1 is 1.04 bits per heavy atom. The molecule has 1 atom stereocenters. The van der Waals surface area contributed by atoms with Crippen molar-refractivity contribution in [3.63, 3.8) is 0 Å². The molecule has 2 aromatic carbocycles. The first kappa shape index (κ1) is 18.0. The van der Waals surface area contributed by atoms with E-state index in [2.05, 4.69) is 10.3 Å². The van der Waals surface area contributed by atoms with Crippen LogP contribution in [0.1, 0.15) is 28.9 Å². The Bertz CT molecular complexity index is 896. The zero-order valence-electron chi connectivity index (χ0n) is 14.6. The van der Waals surface area contributed by atoms with Gasteiger partial charge in [-0.15, -0.1) is 0 Å². The summed E-state index contributed by atoms with van der Waals surface area (Å²) in [6.45, 7) is 1.93. The number of aromatic nitrogens is 1. The average molecular weight is 367 g/mol. The largest absolute Gasteiger partial charge is 0.496 e. The molecule has 0 aliphatic rings. The van der Waals surface area contributed by atoms with E-state index in [0.29, 0.717) is 16.3 Å². The van der Waals surface area contributed by atoms with Crippen molar-refractivity contribution < 1.29 is 9.53 Å². The predicted octanol–water partition coefficient (Wildman–Crippen LogP) is 4.90. The highest BCUT2D eigenvalue weighted by atomic mass is 35.5. The number of methoxy groups -OCH3 is 1. The van der Waals surface area contributed by atoms with Crippen LogP contribution in [0.15, 0.2) is 67.0 Å². The molecule has 5 heteroatoms. The van der Waals surface area contributed by atoms with Crippen molar-refractivity contribution in [2.75, 3.05) is 7.11 Å². The van der Waals surface area contributed by atoms with Crippen LogP contribution in [-0.2, 0) is 0 Å². The number of nitrogens with one attached hydrogen (secondary N) is 1. The molecule has 0 spiro atoms. The summed E-state index contributed by atoms with van der Waals surface area (Å²) in [6.07, 6.45) is 3.46. The second-order valence-corrected chi connectivity index (χ2v) is 6.33. The minimum absolute atomic E-state index is 0.149. The third kappa shape index (κ3) is 4.03. The van der Waals surface area contributed by atoms with E-state index < -0.39 is 0 Å². The Kier molecular flexibility index (Phi) is 5.54. The molecule has 0 fully saturated rings. The molecular weight excluding hydrogens is 348 g/mol. The van der Waals surface area contributed by atoms with Crippen LogP contribution in [0.2, 0.25) is 5.02 Å². The third-order valence-corrected chi connectivity index (χ3v) is 4.43. The van der Waals surface area contributed by atoms with E-state index in [1.165, 1.54) is 0 Å². The fourth-order valence-electron chi connectivity index (χ4n) is 2.71. The second kappa shape index (κ2) is 8.02. The summed E-state index contributed by atoms with van der Waals surface area (Å²) in [5, 5.41) is 3.66. The Hall–Kier alpha value is -2.85. The SMILES string of the molecule is COc1cc(-c2ccncc2)ccc1C(=O)NC(C)c1ccc(Cl)cc1. The van der Waals surface area contributed by atoms with Crippen LogP contribution < -0.4 is 10.1 Å². The highest BCUT2D eigenvalue weighted by molar-refractivity contribution is 6.30. The lowest BCUT2D eigenvalue weighted by Gasteiger charge is -2.16. The molecule has 1 aromatic heterocycles. The van der Waals surface area contributed by atoms with Crippen molar-refractivity contribution in [2.45, 2.75) is 13.0 Å². The molecule has 3 aromatic rings. The monoisotopic (exact) mass is 366 g/mol. The first-order valence-corrected chi connectivity index (χ1v) is 8.61. The van der Waals surface area contributed by atoms with Crippen LogP contribution in [0.5, 0.6) is 5.75 Å². The molecule has 0 saturated heterocycles. The second-order valence-electron chi connectivity index (χ2n) is 5.90. The molecule has 1 unspecified atom stereocenters. The van der Waals surface area contributed by atoms with Crippen molar-refractivity contribution in [1.29, 1.82) is 0 Å². The van der Waals surface area contributed by atoms with E-state index in [1.807, 2.05) is 55.5 Å².